The van der Waals surface area contributed by atoms with Gasteiger partial charge in [-0.25, -0.2) is 22.9 Å². The SMILES string of the molecule is C[C@@H](OC(CF)(COP(=O)(O)OP(=O)(O)OP(=O)(O)O)C(O)N=[N+]=[N-])n1ccc(=O)[nH]c1=O. The number of phosphoric acid groups is 3. The van der Waals surface area contributed by atoms with Crippen LogP contribution < -0.4 is 11.2 Å². The highest BCUT2D eigenvalue weighted by Crippen LogP contribution is 2.66. The number of aliphatic hydroxyl groups excluding tert-OH is 1. The third kappa shape index (κ3) is 9.19. The molecule has 0 aliphatic carbocycles. The monoisotopic (exact) mass is 543 g/mol. The van der Waals surface area contributed by atoms with Crippen molar-refractivity contribution in [2.45, 2.75) is 25.0 Å². The Bertz CT molecular complexity index is 1140. The molecule has 0 aliphatic rings. The second-order valence-corrected chi connectivity index (χ2v) is 10.3. The Morgan fingerprint density at radius 3 is 2.33 bits per heavy atom. The fraction of sp³-hybridized carbons (Fsp3) is 0.600. The smallest absolute Gasteiger partial charge is 0.384 e. The van der Waals surface area contributed by atoms with Gasteiger partial charge in [-0.15, -0.1) is 0 Å². The fourth-order valence-electron chi connectivity index (χ4n) is 2.07. The number of hydrogen-bond donors (Lipinski definition) is 6. The number of nitrogens with one attached hydrogen (secondary N) is 1. The molecule has 6 N–H and O–H groups in total. The van der Waals surface area contributed by atoms with E-state index in [2.05, 4.69) is 23.2 Å². The van der Waals surface area contributed by atoms with Crippen molar-refractivity contribution < 1.29 is 60.6 Å². The van der Waals surface area contributed by atoms with Gasteiger partial charge in [0.05, 0.1) is 6.61 Å². The van der Waals surface area contributed by atoms with E-state index < -0.39 is 66.1 Å². The second kappa shape index (κ2) is 11.1. The van der Waals surface area contributed by atoms with Gasteiger partial charge in [-0.1, -0.05) is 5.11 Å². The van der Waals surface area contributed by atoms with E-state index in [0.29, 0.717) is 4.57 Å². The maximum Gasteiger partial charge on any atom is 0.490 e. The van der Waals surface area contributed by atoms with Crippen LogP contribution in [0.5, 0.6) is 0 Å². The average Bonchev–Trinajstić information content (AvgIpc) is 2.62. The number of azide groups is 1. The van der Waals surface area contributed by atoms with Crippen LogP contribution in [0.25, 0.3) is 10.4 Å². The van der Waals surface area contributed by atoms with Crippen LogP contribution >= 0.6 is 23.5 Å². The predicted molar refractivity (Wildman–Crippen MR) is 101 cm³/mol. The van der Waals surface area contributed by atoms with Crippen molar-refractivity contribution in [3.05, 3.63) is 43.5 Å². The Labute approximate surface area is 181 Å². The summed E-state index contributed by atoms with van der Waals surface area (Å²) in [6, 6.07) is 0.869. The molecule has 1 aromatic heterocycles. The number of phosphoric ester groups is 1. The number of nitrogens with zero attached hydrogens (tertiary/aromatic N) is 4. The fourth-order valence-corrected chi connectivity index (χ4v) is 5.14. The molecule has 1 aromatic rings. The Kier molecular flexibility index (Phi) is 9.86. The lowest BCUT2D eigenvalue weighted by Crippen LogP contribution is -2.51. The van der Waals surface area contributed by atoms with Crippen molar-refractivity contribution in [2.75, 3.05) is 13.3 Å². The summed E-state index contributed by atoms with van der Waals surface area (Å²) < 4.78 is 64.9. The van der Waals surface area contributed by atoms with Gasteiger partial charge in [0, 0.05) is 17.2 Å². The lowest BCUT2D eigenvalue weighted by Gasteiger charge is -2.36. The molecule has 0 spiro atoms. The highest BCUT2D eigenvalue weighted by molar-refractivity contribution is 7.66. The molecular formula is C10H17FN5O14P3. The zero-order valence-electron chi connectivity index (χ0n) is 16.1. The first-order valence-corrected chi connectivity index (χ1v) is 12.5. The highest BCUT2D eigenvalue weighted by atomic mass is 31.3. The van der Waals surface area contributed by atoms with E-state index in [-0.39, 0.29) is 0 Å². The molecule has 0 bridgehead atoms. The highest BCUT2D eigenvalue weighted by Gasteiger charge is 2.46. The van der Waals surface area contributed by atoms with Crippen LogP contribution in [-0.4, -0.2) is 59.3 Å². The van der Waals surface area contributed by atoms with Gasteiger partial charge >= 0.3 is 29.2 Å². The normalized spacial score (nSPS) is 19.4. The molecular weight excluding hydrogens is 526 g/mol. The number of alkyl halides is 1. The number of ether oxygens (including phenoxy) is 1. The summed E-state index contributed by atoms with van der Waals surface area (Å²) in [5.74, 6) is 0. The summed E-state index contributed by atoms with van der Waals surface area (Å²) in [7, 11) is -17.4. The van der Waals surface area contributed by atoms with Crippen molar-refractivity contribution in [1.82, 2.24) is 9.55 Å². The van der Waals surface area contributed by atoms with Crippen molar-refractivity contribution in [3.63, 3.8) is 0 Å². The molecule has 188 valence electrons. The van der Waals surface area contributed by atoms with Crippen LogP contribution in [0.3, 0.4) is 0 Å². The van der Waals surface area contributed by atoms with E-state index in [9.17, 15) is 37.7 Å². The third-order valence-corrected chi connectivity index (χ3v) is 7.18. The van der Waals surface area contributed by atoms with Crippen molar-refractivity contribution in [3.8, 4) is 0 Å². The van der Waals surface area contributed by atoms with Crippen molar-refractivity contribution in [2.24, 2.45) is 5.11 Å². The molecule has 1 heterocycles. The Balaban J connectivity index is 3.21. The first-order chi connectivity index (χ1) is 15.0. The second-order valence-electron chi connectivity index (χ2n) is 5.88. The minimum absolute atomic E-state index is 0.666. The lowest BCUT2D eigenvalue weighted by molar-refractivity contribution is -0.195. The number of aromatic amines is 1. The molecule has 0 saturated heterocycles. The molecule has 1 rings (SSSR count). The molecule has 0 amide bonds. The number of rotatable bonds is 13. The maximum atomic E-state index is 13.9. The first kappa shape index (κ1) is 29.3. The lowest BCUT2D eigenvalue weighted by atomic mass is 10.1. The topological polar surface area (TPSA) is 293 Å². The predicted octanol–water partition coefficient (Wildman–Crippen LogP) is -0.248. The minimum atomic E-state index is -5.91. The van der Waals surface area contributed by atoms with Gasteiger partial charge in [-0.2, -0.15) is 8.62 Å². The van der Waals surface area contributed by atoms with E-state index >= 15 is 0 Å². The number of aliphatic hydroxyl groups is 1. The van der Waals surface area contributed by atoms with Crippen LogP contribution in [0, 0.1) is 0 Å². The van der Waals surface area contributed by atoms with Crippen LogP contribution in [0.2, 0.25) is 0 Å². The number of halogens is 1. The van der Waals surface area contributed by atoms with Crippen LogP contribution in [0.1, 0.15) is 13.2 Å². The Hall–Kier alpha value is -1.75. The van der Waals surface area contributed by atoms with Gasteiger partial charge in [-0.05, 0) is 12.5 Å². The summed E-state index contributed by atoms with van der Waals surface area (Å²) in [6.07, 6.45) is -3.16. The van der Waals surface area contributed by atoms with E-state index in [4.69, 9.17) is 24.9 Å². The van der Waals surface area contributed by atoms with Gasteiger partial charge in [0.15, 0.2) is 11.8 Å². The molecule has 4 unspecified atom stereocenters. The standard InChI is InChI=1S/C10H17FN5O14P3/c1-6(16-3-2-7(17)13-9(16)19)28-10(4-11,8(18)14-15-12)5-27-32(23,24)30-33(25,26)29-31(20,21)22/h2-3,6,8,18H,4-5H2,1H3,(H,23,24)(H,25,26)(H,13,17,19)(H2,20,21,22)/t6-,8?,10?/m1/s1. The maximum absolute atomic E-state index is 13.9. The molecule has 0 aromatic carbocycles. The minimum Gasteiger partial charge on any atom is -0.384 e. The van der Waals surface area contributed by atoms with Crippen molar-refractivity contribution in [1.29, 1.82) is 0 Å². The number of hydrogen-bond acceptors (Lipinski definition) is 11. The summed E-state index contributed by atoms with van der Waals surface area (Å²) >= 11 is 0. The quantitative estimate of drug-likeness (QED) is 0.0809. The Morgan fingerprint density at radius 2 is 1.85 bits per heavy atom. The van der Waals surface area contributed by atoms with E-state index in [0.717, 1.165) is 19.2 Å². The van der Waals surface area contributed by atoms with Gasteiger partial charge in [0.25, 0.3) is 5.56 Å². The molecule has 33 heavy (non-hydrogen) atoms. The van der Waals surface area contributed by atoms with E-state index in [1.807, 2.05) is 4.98 Å². The summed E-state index contributed by atoms with van der Waals surface area (Å²) in [5, 5.41) is 12.8. The largest absolute Gasteiger partial charge is 0.490 e. The van der Waals surface area contributed by atoms with Crippen LogP contribution in [0.15, 0.2) is 27.0 Å². The van der Waals surface area contributed by atoms with Gasteiger partial charge < -0.3 is 29.4 Å². The van der Waals surface area contributed by atoms with E-state index in [1.54, 1.807) is 0 Å². The molecule has 0 aliphatic heterocycles. The van der Waals surface area contributed by atoms with Gasteiger partial charge in [0.2, 0.25) is 0 Å². The molecule has 19 nitrogen and oxygen atoms in total. The first-order valence-electron chi connectivity index (χ1n) is 8.02. The van der Waals surface area contributed by atoms with Crippen molar-refractivity contribution >= 4 is 23.5 Å². The summed E-state index contributed by atoms with van der Waals surface area (Å²) in [5.41, 5.74) is 3.79. The van der Waals surface area contributed by atoms with Gasteiger partial charge in [-0.3, -0.25) is 18.9 Å². The zero-order valence-corrected chi connectivity index (χ0v) is 18.8. The third-order valence-electron chi connectivity index (χ3n) is 3.39. The average molecular weight is 543 g/mol. The van der Waals surface area contributed by atoms with Gasteiger partial charge in [0.1, 0.15) is 12.9 Å². The zero-order chi connectivity index (χ0) is 25.7. The number of H-pyrrole nitrogens is 1. The molecule has 0 saturated carbocycles. The molecule has 0 fully saturated rings. The van der Waals surface area contributed by atoms with E-state index in [1.165, 1.54) is 0 Å². The summed E-state index contributed by atoms with van der Waals surface area (Å²) in [6.45, 7) is -2.31. The Morgan fingerprint density at radius 1 is 1.24 bits per heavy atom. The van der Waals surface area contributed by atoms with Crippen LogP contribution in [0.4, 0.5) is 4.39 Å². The summed E-state index contributed by atoms with van der Waals surface area (Å²) in [4.78, 5) is 62.7. The number of aromatic nitrogens is 2. The van der Waals surface area contributed by atoms with Crippen LogP contribution in [-0.2, 0) is 31.6 Å². The molecule has 5 atom stereocenters. The molecule has 0 radical (unpaired) electrons. The molecule has 23 heteroatoms.